The lowest BCUT2D eigenvalue weighted by atomic mass is 9.93. The van der Waals surface area contributed by atoms with Gasteiger partial charge in [0.1, 0.15) is 0 Å². The number of carbonyl (C=O) groups is 2. The Morgan fingerprint density at radius 1 is 1.29 bits per heavy atom. The Morgan fingerprint density at radius 3 is 2.50 bits per heavy atom. The molecule has 3 rings (SSSR count). The first-order valence-corrected chi connectivity index (χ1v) is 9.90. The Bertz CT molecular complexity index is 821. The van der Waals surface area contributed by atoms with Crippen LogP contribution in [0.4, 0.5) is 23.7 Å². The summed E-state index contributed by atoms with van der Waals surface area (Å²) in [6.45, 7) is 1.25. The summed E-state index contributed by atoms with van der Waals surface area (Å²) in [4.78, 5) is 25.1. The van der Waals surface area contributed by atoms with Crippen molar-refractivity contribution in [3.8, 4) is 0 Å². The number of piperidine rings is 1. The number of aliphatic hydroxyl groups excluding tert-OH is 1. The number of aliphatic hydroxyl groups is 1. The van der Waals surface area contributed by atoms with Crippen LogP contribution in [0.3, 0.4) is 0 Å². The van der Waals surface area contributed by atoms with Crippen molar-refractivity contribution in [2.24, 2.45) is 5.92 Å². The molecule has 2 N–H and O–H groups in total. The van der Waals surface area contributed by atoms with Gasteiger partial charge < -0.3 is 10.0 Å². The molecule has 2 aliphatic rings. The molecule has 0 radical (unpaired) electrons. The van der Waals surface area contributed by atoms with Crippen LogP contribution in [0.2, 0.25) is 5.02 Å². The molecule has 152 valence electrons. The maximum Gasteiger partial charge on any atom is 0.416 e. The van der Waals surface area contributed by atoms with Crippen molar-refractivity contribution in [1.82, 2.24) is 5.32 Å². The third kappa shape index (κ3) is 4.64. The van der Waals surface area contributed by atoms with Crippen LogP contribution >= 0.6 is 23.4 Å². The molecule has 0 spiro atoms. The minimum absolute atomic E-state index is 0.0248. The number of anilines is 1. The summed E-state index contributed by atoms with van der Waals surface area (Å²) < 4.78 is 39.8. The van der Waals surface area contributed by atoms with Gasteiger partial charge >= 0.3 is 6.18 Å². The van der Waals surface area contributed by atoms with Gasteiger partial charge in [-0.25, -0.2) is 0 Å². The number of amides is 2. The zero-order valence-electron chi connectivity index (χ0n) is 14.7. The second kappa shape index (κ2) is 8.34. The summed E-state index contributed by atoms with van der Waals surface area (Å²) in [5.41, 5.74) is -0.358. The highest BCUT2D eigenvalue weighted by Gasteiger charge is 2.34. The summed E-state index contributed by atoms with van der Waals surface area (Å²) in [5, 5.41) is 10.5. The molecule has 0 bridgehead atoms. The monoisotopic (exact) mass is 434 g/mol. The van der Waals surface area contributed by atoms with Gasteiger partial charge in [-0.15, -0.1) is 0 Å². The van der Waals surface area contributed by atoms with Crippen molar-refractivity contribution < 1.29 is 27.9 Å². The molecule has 2 heterocycles. The number of halogens is 4. The van der Waals surface area contributed by atoms with Crippen LogP contribution in [0.5, 0.6) is 0 Å². The van der Waals surface area contributed by atoms with Gasteiger partial charge in [-0.1, -0.05) is 11.6 Å². The third-order valence-electron chi connectivity index (χ3n) is 4.82. The SMILES string of the molecule is O=C1NC(=O)C(=Cc2cc(C(F)(F)F)cc(Cl)c2N2CCC(CCO)CC2)S1. The summed E-state index contributed by atoms with van der Waals surface area (Å²) >= 11 is 6.88. The number of carbonyl (C=O) groups excluding carboxylic acids is 2. The molecular weight excluding hydrogens is 417 g/mol. The van der Waals surface area contributed by atoms with Crippen LogP contribution in [0.25, 0.3) is 6.08 Å². The van der Waals surface area contributed by atoms with E-state index >= 15 is 0 Å². The number of hydrogen-bond donors (Lipinski definition) is 2. The first kappa shape index (κ1) is 21.0. The largest absolute Gasteiger partial charge is 0.416 e. The lowest BCUT2D eigenvalue weighted by Gasteiger charge is -2.35. The quantitative estimate of drug-likeness (QED) is 0.692. The van der Waals surface area contributed by atoms with Crippen molar-refractivity contribution in [3.05, 3.63) is 33.2 Å². The van der Waals surface area contributed by atoms with E-state index in [0.717, 1.165) is 25.0 Å². The summed E-state index contributed by atoms with van der Waals surface area (Å²) in [6, 6.07) is 1.83. The van der Waals surface area contributed by atoms with Crippen molar-refractivity contribution >= 4 is 46.3 Å². The average molecular weight is 435 g/mol. The van der Waals surface area contributed by atoms with Gasteiger partial charge in [0.05, 0.1) is 21.2 Å². The van der Waals surface area contributed by atoms with E-state index in [-0.39, 0.29) is 22.1 Å². The molecule has 0 aliphatic carbocycles. The van der Waals surface area contributed by atoms with Crippen LogP contribution in [0.15, 0.2) is 17.0 Å². The number of thioether (sulfide) groups is 1. The molecule has 0 aromatic heterocycles. The number of imide groups is 1. The zero-order valence-corrected chi connectivity index (χ0v) is 16.3. The van der Waals surface area contributed by atoms with Gasteiger partial charge in [-0.2, -0.15) is 13.2 Å². The maximum absolute atomic E-state index is 13.3. The van der Waals surface area contributed by atoms with Crippen LogP contribution in [0.1, 0.15) is 30.4 Å². The summed E-state index contributed by atoms with van der Waals surface area (Å²) in [7, 11) is 0. The standard InChI is InChI=1S/C18H18ClF3N2O3S/c19-13-9-12(18(20,21)22)7-11(8-14-16(26)23-17(27)28-14)15(13)24-4-1-10(2-5-24)3-6-25/h7-10,25H,1-6H2,(H,23,26,27). The lowest BCUT2D eigenvalue weighted by molar-refractivity contribution is -0.137. The molecule has 1 aromatic carbocycles. The molecule has 5 nitrogen and oxygen atoms in total. The van der Waals surface area contributed by atoms with Crippen molar-refractivity contribution in [3.63, 3.8) is 0 Å². The number of rotatable bonds is 4. The summed E-state index contributed by atoms with van der Waals surface area (Å²) in [5.74, 6) is -0.291. The highest BCUT2D eigenvalue weighted by Crippen LogP contribution is 2.41. The van der Waals surface area contributed by atoms with E-state index in [4.69, 9.17) is 16.7 Å². The number of benzene rings is 1. The first-order chi connectivity index (χ1) is 13.2. The molecule has 28 heavy (non-hydrogen) atoms. The van der Waals surface area contributed by atoms with Crippen LogP contribution in [-0.4, -0.2) is 35.9 Å². The number of nitrogens with zero attached hydrogens (tertiary/aromatic N) is 1. The molecular formula is C18H18ClF3N2O3S. The molecule has 2 fully saturated rings. The van der Waals surface area contributed by atoms with Crippen molar-refractivity contribution in [2.45, 2.75) is 25.4 Å². The molecule has 0 atom stereocenters. The molecule has 10 heteroatoms. The topological polar surface area (TPSA) is 69.6 Å². The van der Waals surface area contributed by atoms with Gasteiger partial charge in [0.2, 0.25) is 0 Å². The van der Waals surface area contributed by atoms with Crippen LogP contribution in [0, 0.1) is 5.92 Å². The average Bonchev–Trinajstić information content (AvgIpc) is 2.92. The normalized spacial score (nSPS) is 20.2. The first-order valence-electron chi connectivity index (χ1n) is 8.70. The van der Waals surface area contributed by atoms with E-state index in [2.05, 4.69) is 5.32 Å². The predicted octanol–water partition coefficient (Wildman–Crippen LogP) is 4.28. The predicted molar refractivity (Wildman–Crippen MR) is 102 cm³/mol. The number of alkyl halides is 3. The Hall–Kier alpha value is -1.71. The molecule has 2 amide bonds. The fourth-order valence-electron chi connectivity index (χ4n) is 3.42. The lowest BCUT2D eigenvalue weighted by Crippen LogP contribution is -2.34. The van der Waals surface area contributed by atoms with Gasteiger partial charge in [-0.05, 0) is 55.2 Å². The fourth-order valence-corrected chi connectivity index (χ4v) is 4.44. The minimum Gasteiger partial charge on any atom is -0.396 e. The highest BCUT2D eigenvalue weighted by molar-refractivity contribution is 8.18. The van der Waals surface area contributed by atoms with E-state index < -0.39 is 22.9 Å². The van der Waals surface area contributed by atoms with E-state index in [9.17, 15) is 22.8 Å². The van der Waals surface area contributed by atoms with Gasteiger partial charge in [0.25, 0.3) is 11.1 Å². The smallest absolute Gasteiger partial charge is 0.396 e. The second-order valence-corrected chi connectivity index (χ2v) is 8.11. The number of nitrogens with one attached hydrogen (secondary N) is 1. The maximum atomic E-state index is 13.3. The van der Waals surface area contributed by atoms with Crippen LogP contribution in [-0.2, 0) is 11.0 Å². The Labute approximate surface area is 168 Å². The van der Waals surface area contributed by atoms with Gasteiger partial charge in [0, 0.05) is 25.3 Å². The van der Waals surface area contributed by atoms with Crippen molar-refractivity contribution in [1.29, 1.82) is 0 Å². The number of hydrogen-bond acceptors (Lipinski definition) is 5. The van der Waals surface area contributed by atoms with Gasteiger partial charge in [0.15, 0.2) is 0 Å². The molecule has 0 saturated carbocycles. The van der Waals surface area contributed by atoms with E-state index in [0.29, 0.717) is 42.9 Å². The second-order valence-electron chi connectivity index (χ2n) is 6.69. The van der Waals surface area contributed by atoms with E-state index in [1.807, 2.05) is 4.90 Å². The van der Waals surface area contributed by atoms with E-state index in [1.54, 1.807) is 0 Å². The highest BCUT2D eigenvalue weighted by atomic mass is 35.5. The Morgan fingerprint density at radius 2 is 1.96 bits per heavy atom. The zero-order chi connectivity index (χ0) is 20.5. The van der Waals surface area contributed by atoms with E-state index in [1.165, 1.54) is 6.08 Å². The van der Waals surface area contributed by atoms with Gasteiger partial charge in [-0.3, -0.25) is 14.9 Å². The minimum atomic E-state index is -4.59. The molecule has 1 aromatic rings. The summed E-state index contributed by atoms with van der Waals surface area (Å²) in [6.07, 6.45) is -1.07. The Kier molecular flexibility index (Phi) is 6.26. The van der Waals surface area contributed by atoms with Crippen LogP contribution < -0.4 is 10.2 Å². The van der Waals surface area contributed by atoms with Crippen molar-refractivity contribution in [2.75, 3.05) is 24.6 Å². The molecule has 2 aliphatic heterocycles. The molecule has 2 saturated heterocycles. The Balaban J connectivity index is 2.00. The molecule has 0 unspecified atom stereocenters. The third-order valence-corrected chi connectivity index (χ3v) is 5.92. The fraction of sp³-hybridized carbons (Fsp3) is 0.444.